The molecule has 2 aliphatic carbocycles. The Morgan fingerprint density at radius 3 is 3.21 bits per heavy atom. The van der Waals surface area contributed by atoms with E-state index < -0.39 is 0 Å². The summed E-state index contributed by atoms with van der Waals surface area (Å²) in [5.41, 5.74) is 3.07. The highest BCUT2D eigenvalue weighted by atomic mass is 15.0. The third-order valence-corrected chi connectivity index (χ3v) is 3.76. The SMILES string of the molecule is CC1CC=CC2C3=C(CCC=C3)NC12. The lowest BCUT2D eigenvalue weighted by Crippen LogP contribution is -2.36. The highest BCUT2D eigenvalue weighted by Crippen LogP contribution is 2.39. The Balaban J connectivity index is 1.96. The predicted octanol–water partition coefficient (Wildman–Crippen LogP) is 2.77. The summed E-state index contributed by atoms with van der Waals surface area (Å²) in [7, 11) is 0. The molecule has 1 aliphatic heterocycles. The van der Waals surface area contributed by atoms with Crippen LogP contribution in [0.3, 0.4) is 0 Å². The average molecular weight is 187 g/mol. The van der Waals surface area contributed by atoms with Crippen molar-refractivity contribution >= 4 is 0 Å². The minimum atomic E-state index is 0.658. The Morgan fingerprint density at radius 2 is 2.29 bits per heavy atom. The van der Waals surface area contributed by atoms with E-state index in [-0.39, 0.29) is 0 Å². The highest BCUT2D eigenvalue weighted by Gasteiger charge is 2.36. The van der Waals surface area contributed by atoms with E-state index in [1.807, 2.05) is 0 Å². The molecule has 1 heterocycles. The van der Waals surface area contributed by atoms with Crippen LogP contribution in [0, 0.1) is 11.8 Å². The zero-order valence-electron chi connectivity index (χ0n) is 8.66. The fraction of sp³-hybridized carbons (Fsp3) is 0.538. The van der Waals surface area contributed by atoms with Gasteiger partial charge in [0.05, 0.1) is 0 Å². The van der Waals surface area contributed by atoms with Crippen LogP contribution in [0.25, 0.3) is 0 Å². The van der Waals surface area contributed by atoms with Gasteiger partial charge >= 0.3 is 0 Å². The Labute approximate surface area is 85.6 Å². The first-order valence-electron chi connectivity index (χ1n) is 5.69. The van der Waals surface area contributed by atoms with E-state index in [1.165, 1.54) is 25.0 Å². The Kier molecular flexibility index (Phi) is 1.79. The minimum absolute atomic E-state index is 0.658. The van der Waals surface area contributed by atoms with E-state index in [1.54, 1.807) is 5.57 Å². The molecule has 74 valence electrons. The molecule has 0 bridgehead atoms. The second-order valence-corrected chi connectivity index (χ2v) is 4.71. The maximum atomic E-state index is 3.72. The number of nitrogens with one attached hydrogen (secondary N) is 1. The molecule has 0 amide bonds. The van der Waals surface area contributed by atoms with Crippen LogP contribution in [0.4, 0.5) is 0 Å². The van der Waals surface area contributed by atoms with Gasteiger partial charge in [-0.15, -0.1) is 0 Å². The van der Waals surface area contributed by atoms with Crippen LogP contribution in [0.5, 0.6) is 0 Å². The molecule has 0 aromatic carbocycles. The molecule has 3 aliphatic rings. The van der Waals surface area contributed by atoms with Crippen molar-refractivity contribution in [3.8, 4) is 0 Å². The molecule has 0 saturated carbocycles. The number of allylic oxidation sites excluding steroid dienone is 4. The van der Waals surface area contributed by atoms with E-state index in [0.717, 1.165) is 5.92 Å². The number of hydrogen-bond donors (Lipinski definition) is 1. The summed E-state index contributed by atoms with van der Waals surface area (Å²) in [6, 6.07) is 0.674. The van der Waals surface area contributed by atoms with Crippen molar-refractivity contribution in [3.05, 3.63) is 35.6 Å². The van der Waals surface area contributed by atoms with Crippen molar-refractivity contribution in [3.63, 3.8) is 0 Å². The summed E-state index contributed by atoms with van der Waals surface area (Å²) in [6.07, 6.45) is 13.1. The van der Waals surface area contributed by atoms with E-state index in [0.29, 0.717) is 12.0 Å². The fourth-order valence-corrected chi connectivity index (χ4v) is 2.94. The molecule has 3 rings (SSSR count). The fourth-order valence-electron chi connectivity index (χ4n) is 2.94. The number of rotatable bonds is 0. The van der Waals surface area contributed by atoms with Crippen LogP contribution in [-0.4, -0.2) is 6.04 Å². The zero-order valence-corrected chi connectivity index (χ0v) is 8.66. The Hall–Kier alpha value is -0.980. The summed E-state index contributed by atoms with van der Waals surface area (Å²) in [5, 5.41) is 3.72. The third kappa shape index (κ3) is 1.08. The van der Waals surface area contributed by atoms with Crippen molar-refractivity contribution in [2.24, 2.45) is 11.8 Å². The van der Waals surface area contributed by atoms with Gasteiger partial charge in [-0.2, -0.15) is 0 Å². The van der Waals surface area contributed by atoms with E-state index in [2.05, 4.69) is 36.5 Å². The van der Waals surface area contributed by atoms with Crippen LogP contribution < -0.4 is 5.32 Å². The molecule has 0 spiro atoms. The molecule has 0 radical (unpaired) electrons. The Bertz CT molecular complexity index is 335. The lowest BCUT2D eigenvalue weighted by molar-refractivity contribution is 0.365. The summed E-state index contributed by atoms with van der Waals surface area (Å²) >= 11 is 0. The average Bonchev–Trinajstić information content (AvgIpc) is 2.59. The quantitative estimate of drug-likeness (QED) is 0.575. The first-order chi connectivity index (χ1) is 6.86. The topological polar surface area (TPSA) is 12.0 Å². The minimum Gasteiger partial charge on any atom is -0.384 e. The highest BCUT2D eigenvalue weighted by molar-refractivity contribution is 5.40. The summed E-state index contributed by atoms with van der Waals surface area (Å²) in [4.78, 5) is 0. The van der Waals surface area contributed by atoms with Crippen LogP contribution >= 0.6 is 0 Å². The van der Waals surface area contributed by atoms with Crippen molar-refractivity contribution in [2.45, 2.75) is 32.2 Å². The van der Waals surface area contributed by atoms with Gasteiger partial charge in [0, 0.05) is 17.7 Å². The summed E-state index contributed by atoms with van der Waals surface area (Å²) < 4.78 is 0. The summed E-state index contributed by atoms with van der Waals surface area (Å²) in [5.74, 6) is 1.44. The second kappa shape index (κ2) is 3.01. The van der Waals surface area contributed by atoms with Crippen LogP contribution in [0.2, 0.25) is 0 Å². The van der Waals surface area contributed by atoms with Gasteiger partial charge in [0.1, 0.15) is 0 Å². The van der Waals surface area contributed by atoms with Crippen molar-refractivity contribution in [1.29, 1.82) is 0 Å². The molecule has 1 heteroatoms. The molecule has 1 N–H and O–H groups in total. The maximum Gasteiger partial charge on any atom is 0.0390 e. The summed E-state index contributed by atoms with van der Waals surface area (Å²) in [6.45, 7) is 2.36. The maximum absolute atomic E-state index is 3.72. The van der Waals surface area contributed by atoms with Crippen molar-refractivity contribution in [1.82, 2.24) is 5.32 Å². The number of fused-ring (bicyclic) bond motifs is 2. The van der Waals surface area contributed by atoms with E-state index in [4.69, 9.17) is 0 Å². The van der Waals surface area contributed by atoms with Gasteiger partial charge in [0.2, 0.25) is 0 Å². The van der Waals surface area contributed by atoms with Gasteiger partial charge in [-0.1, -0.05) is 31.2 Å². The molecular formula is C13H17N. The first kappa shape index (κ1) is 8.34. The lowest BCUT2D eigenvalue weighted by atomic mass is 9.80. The van der Waals surface area contributed by atoms with Gasteiger partial charge in [-0.3, -0.25) is 0 Å². The largest absolute Gasteiger partial charge is 0.384 e. The van der Waals surface area contributed by atoms with E-state index >= 15 is 0 Å². The van der Waals surface area contributed by atoms with Crippen molar-refractivity contribution in [2.75, 3.05) is 0 Å². The molecule has 1 nitrogen and oxygen atoms in total. The Morgan fingerprint density at radius 1 is 1.36 bits per heavy atom. The van der Waals surface area contributed by atoms with Gasteiger partial charge in [0.25, 0.3) is 0 Å². The first-order valence-corrected chi connectivity index (χ1v) is 5.69. The van der Waals surface area contributed by atoms with Gasteiger partial charge in [0.15, 0.2) is 0 Å². The molecule has 0 aromatic rings. The van der Waals surface area contributed by atoms with Gasteiger partial charge in [-0.25, -0.2) is 0 Å². The van der Waals surface area contributed by atoms with Crippen LogP contribution in [0.1, 0.15) is 26.2 Å². The molecule has 0 aromatic heterocycles. The van der Waals surface area contributed by atoms with Crippen LogP contribution in [-0.2, 0) is 0 Å². The van der Waals surface area contributed by atoms with Gasteiger partial charge in [-0.05, 0) is 30.8 Å². The van der Waals surface area contributed by atoms with Crippen LogP contribution in [0.15, 0.2) is 35.6 Å². The smallest absolute Gasteiger partial charge is 0.0390 e. The second-order valence-electron chi connectivity index (χ2n) is 4.71. The molecule has 3 atom stereocenters. The van der Waals surface area contributed by atoms with Crippen molar-refractivity contribution < 1.29 is 0 Å². The molecule has 3 unspecified atom stereocenters. The number of hydrogen-bond acceptors (Lipinski definition) is 1. The van der Waals surface area contributed by atoms with E-state index in [9.17, 15) is 0 Å². The third-order valence-electron chi connectivity index (χ3n) is 3.76. The lowest BCUT2D eigenvalue weighted by Gasteiger charge is -2.28. The monoisotopic (exact) mass is 187 g/mol. The molecule has 0 saturated heterocycles. The standard InChI is InChI=1S/C13H17N/c1-9-5-4-7-11-10-6-2-3-8-12(10)14-13(9)11/h2,4,6-7,9,11,13-14H,3,5,8H2,1H3. The predicted molar refractivity (Wildman–Crippen MR) is 58.7 cm³/mol. The normalized spacial score (nSPS) is 39.4. The zero-order chi connectivity index (χ0) is 9.54. The molecular weight excluding hydrogens is 170 g/mol. The molecule has 14 heavy (non-hydrogen) atoms. The van der Waals surface area contributed by atoms with Gasteiger partial charge < -0.3 is 5.32 Å². The molecule has 0 fully saturated rings.